The van der Waals surface area contributed by atoms with Crippen LogP contribution in [0.5, 0.6) is 0 Å². The average Bonchev–Trinajstić information content (AvgIpc) is 2.70. The van der Waals surface area contributed by atoms with Crippen LogP contribution in [0.4, 0.5) is 0 Å². The Kier molecular flexibility index (Phi) is 6.56. The Hall–Kier alpha value is -1.24. The van der Waals surface area contributed by atoms with Gasteiger partial charge in [0, 0.05) is 12.1 Å². The normalized spacial score (nSPS) is 10.8. The molecule has 0 aliphatic heterocycles. The van der Waals surface area contributed by atoms with Gasteiger partial charge in [0.15, 0.2) is 0 Å². The van der Waals surface area contributed by atoms with E-state index in [1.54, 1.807) is 0 Å². The summed E-state index contributed by atoms with van der Waals surface area (Å²) in [4.78, 5) is 2.18. The van der Waals surface area contributed by atoms with E-state index >= 15 is 0 Å². The topological polar surface area (TPSA) is 28.4 Å². The summed E-state index contributed by atoms with van der Waals surface area (Å²) in [5.74, 6) is 4.68. The fourth-order valence-corrected chi connectivity index (χ4v) is 1.87. The van der Waals surface area contributed by atoms with Gasteiger partial charge in [-0.3, -0.25) is 4.90 Å². The van der Waals surface area contributed by atoms with Gasteiger partial charge in [0.25, 0.3) is 0 Å². The first-order valence-electron chi connectivity index (χ1n) is 6.65. The van der Waals surface area contributed by atoms with Crippen LogP contribution in [-0.4, -0.2) is 24.5 Å². The maximum Gasteiger partial charge on any atom is 0.118 e. The minimum absolute atomic E-state index is 0.666. The number of hydrogen-bond donors (Lipinski definition) is 1. The smallest absolute Gasteiger partial charge is 0.118 e. The second kappa shape index (κ2) is 7.97. The molecule has 0 aliphatic rings. The minimum atomic E-state index is 0.666. The molecule has 3 heteroatoms. The molecule has 0 unspecified atom stereocenters. The van der Waals surface area contributed by atoms with Crippen LogP contribution < -0.4 is 5.32 Å². The summed E-state index contributed by atoms with van der Waals surface area (Å²) in [7, 11) is 0. The fourth-order valence-electron chi connectivity index (χ4n) is 1.87. The summed E-state index contributed by atoms with van der Waals surface area (Å²) in [5.41, 5.74) is 1.25. The molecule has 0 saturated heterocycles. The van der Waals surface area contributed by atoms with Gasteiger partial charge >= 0.3 is 0 Å². The van der Waals surface area contributed by atoms with E-state index in [1.807, 2.05) is 6.92 Å². The van der Waals surface area contributed by atoms with Gasteiger partial charge < -0.3 is 9.73 Å². The van der Waals surface area contributed by atoms with Crippen molar-refractivity contribution in [2.75, 3.05) is 19.6 Å². The standard InChI is InChI=1S/C15H24N2O/c1-5-8-16-11-14-10-15(18-13(14)4)12-17(7-3)9-6-2/h2,10,16H,5,7-9,11-12H2,1,3-4H3. The van der Waals surface area contributed by atoms with Crippen LogP contribution in [0.1, 0.15) is 37.4 Å². The molecule has 0 fully saturated rings. The average molecular weight is 248 g/mol. The Morgan fingerprint density at radius 1 is 1.44 bits per heavy atom. The van der Waals surface area contributed by atoms with Crippen molar-refractivity contribution in [1.29, 1.82) is 0 Å². The Morgan fingerprint density at radius 2 is 2.22 bits per heavy atom. The van der Waals surface area contributed by atoms with Crippen LogP contribution in [0.15, 0.2) is 10.5 Å². The summed E-state index contributed by atoms with van der Waals surface area (Å²) >= 11 is 0. The lowest BCUT2D eigenvalue weighted by atomic mass is 10.2. The third kappa shape index (κ3) is 4.56. The molecule has 3 nitrogen and oxygen atoms in total. The highest BCUT2D eigenvalue weighted by Crippen LogP contribution is 2.16. The molecule has 0 amide bonds. The van der Waals surface area contributed by atoms with Crippen molar-refractivity contribution < 1.29 is 4.42 Å². The zero-order valence-electron chi connectivity index (χ0n) is 11.8. The van der Waals surface area contributed by atoms with Gasteiger partial charge in [-0.25, -0.2) is 0 Å². The number of aryl methyl sites for hydroxylation is 1. The van der Waals surface area contributed by atoms with Gasteiger partial charge in [-0.15, -0.1) is 6.42 Å². The van der Waals surface area contributed by atoms with Gasteiger partial charge in [0.2, 0.25) is 0 Å². The molecule has 18 heavy (non-hydrogen) atoms. The lowest BCUT2D eigenvalue weighted by molar-refractivity contribution is 0.283. The number of terminal acetylenes is 1. The SMILES string of the molecule is C#CCN(CC)Cc1cc(CNCCC)c(C)o1. The molecular weight excluding hydrogens is 224 g/mol. The molecule has 0 aliphatic carbocycles. The van der Waals surface area contributed by atoms with E-state index in [2.05, 4.69) is 36.1 Å². The van der Waals surface area contributed by atoms with Gasteiger partial charge in [-0.1, -0.05) is 19.8 Å². The second-order valence-corrected chi connectivity index (χ2v) is 4.48. The summed E-state index contributed by atoms with van der Waals surface area (Å²) in [6, 6.07) is 2.14. The number of nitrogens with zero attached hydrogens (tertiary/aromatic N) is 1. The highest BCUT2D eigenvalue weighted by Gasteiger charge is 2.10. The van der Waals surface area contributed by atoms with E-state index in [9.17, 15) is 0 Å². The molecule has 0 spiro atoms. The monoisotopic (exact) mass is 248 g/mol. The molecule has 1 heterocycles. The zero-order valence-corrected chi connectivity index (χ0v) is 11.8. The van der Waals surface area contributed by atoms with Crippen LogP contribution in [0.2, 0.25) is 0 Å². The first kappa shape index (κ1) is 14.8. The quantitative estimate of drug-likeness (QED) is 0.566. The lowest BCUT2D eigenvalue weighted by Crippen LogP contribution is -2.22. The van der Waals surface area contributed by atoms with Crippen molar-refractivity contribution in [3.8, 4) is 12.3 Å². The van der Waals surface area contributed by atoms with Crippen molar-refractivity contribution in [3.05, 3.63) is 23.2 Å². The number of furan rings is 1. The predicted molar refractivity (Wildman–Crippen MR) is 75.2 cm³/mol. The number of rotatable bonds is 8. The van der Waals surface area contributed by atoms with Gasteiger partial charge in [0.1, 0.15) is 11.5 Å². The fraction of sp³-hybridized carbons (Fsp3) is 0.600. The maximum atomic E-state index is 5.77. The van der Waals surface area contributed by atoms with Crippen LogP contribution >= 0.6 is 0 Å². The van der Waals surface area contributed by atoms with E-state index in [4.69, 9.17) is 10.8 Å². The molecular formula is C15H24N2O. The Bertz CT molecular complexity index is 390. The van der Waals surface area contributed by atoms with E-state index in [0.29, 0.717) is 6.54 Å². The van der Waals surface area contributed by atoms with Gasteiger partial charge in [0.05, 0.1) is 13.1 Å². The van der Waals surface area contributed by atoms with E-state index in [0.717, 1.165) is 44.1 Å². The first-order chi connectivity index (χ1) is 8.71. The lowest BCUT2D eigenvalue weighted by Gasteiger charge is -2.15. The maximum absolute atomic E-state index is 5.77. The summed E-state index contributed by atoms with van der Waals surface area (Å²) < 4.78 is 5.77. The van der Waals surface area contributed by atoms with Crippen molar-refractivity contribution >= 4 is 0 Å². The van der Waals surface area contributed by atoms with Crippen LogP contribution in [-0.2, 0) is 13.1 Å². The van der Waals surface area contributed by atoms with Crippen LogP contribution in [0, 0.1) is 19.3 Å². The molecule has 1 rings (SSSR count). The Morgan fingerprint density at radius 3 is 2.83 bits per heavy atom. The Labute approximate surface area is 111 Å². The van der Waals surface area contributed by atoms with Crippen molar-refractivity contribution in [2.24, 2.45) is 0 Å². The molecule has 0 bridgehead atoms. The highest BCUT2D eigenvalue weighted by atomic mass is 16.3. The molecule has 1 aromatic rings. The van der Waals surface area contributed by atoms with Crippen molar-refractivity contribution in [1.82, 2.24) is 10.2 Å². The molecule has 1 aromatic heterocycles. The van der Waals surface area contributed by atoms with Crippen molar-refractivity contribution in [3.63, 3.8) is 0 Å². The minimum Gasteiger partial charge on any atom is -0.465 e. The molecule has 0 atom stereocenters. The molecule has 0 aromatic carbocycles. The molecule has 0 radical (unpaired) electrons. The summed E-state index contributed by atoms with van der Waals surface area (Å²) in [6.07, 6.45) is 6.49. The van der Waals surface area contributed by atoms with Gasteiger partial charge in [-0.05, 0) is 32.5 Å². The summed E-state index contributed by atoms with van der Waals surface area (Å²) in [6.45, 7) is 10.6. The van der Waals surface area contributed by atoms with E-state index < -0.39 is 0 Å². The second-order valence-electron chi connectivity index (χ2n) is 4.48. The van der Waals surface area contributed by atoms with Crippen LogP contribution in [0.3, 0.4) is 0 Å². The predicted octanol–water partition coefficient (Wildman–Crippen LogP) is 2.54. The van der Waals surface area contributed by atoms with Gasteiger partial charge in [-0.2, -0.15) is 0 Å². The first-order valence-corrected chi connectivity index (χ1v) is 6.65. The summed E-state index contributed by atoms with van der Waals surface area (Å²) in [5, 5.41) is 3.39. The largest absolute Gasteiger partial charge is 0.465 e. The highest BCUT2D eigenvalue weighted by molar-refractivity contribution is 5.20. The molecule has 100 valence electrons. The zero-order chi connectivity index (χ0) is 13.4. The van der Waals surface area contributed by atoms with Crippen molar-refractivity contribution in [2.45, 2.75) is 40.3 Å². The number of nitrogens with one attached hydrogen (secondary N) is 1. The van der Waals surface area contributed by atoms with E-state index in [1.165, 1.54) is 5.56 Å². The molecule has 1 N–H and O–H groups in total. The molecule has 0 saturated carbocycles. The van der Waals surface area contributed by atoms with E-state index in [-0.39, 0.29) is 0 Å². The number of hydrogen-bond acceptors (Lipinski definition) is 3. The third-order valence-corrected chi connectivity index (χ3v) is 2.96. The van der Waals surface area contributed by atoms with Crippen LogP contribution in [0.25, 0.3) is 0 Å². The Balaban J connectivity index is 2.57. The third-order valence-electron chi connectivity index (χ3n) is 2.96.